The van der Waals surface area contributed by atoms with Crippen LogP contribution in [0.5, 0.6) is 0 Å². The summed E-state index contributed by atoms with van der Waals surface area (Å²) in [7, 11) is 1.61. The van der Waals surface area contributed by atoms with E-state index < -0.39 is 11.9 Å². The molecule has 0 aliphatic carbocycles. The molecule has 3 aliphatic rings. The van der Waals surface area contributed by atoms with Gasteiger partial charge in [0, 0.05) is 43.7 Å². The molecule has 1 unspecified atom stereocenters. The third kappa shape index (κ3) is 4.28. The molecular weight excluding hydrogens is 374 g/mol. The van der Waals surface area contributed by atoms with Crippen molar-refractivity contribution in [2.45, 2.75) is 38.0 Å². The van der Waals surface area contributed by atoms with Crippen LogP contribution in [0.3, 0.4) is 0 Å². The number of anilines is 1. The highest BCUT2D eigenvalue weighted by Crippen LogP contribution is 2.29. The Morgan fingerprint density at radius 2 is 1.72 bits per heavy atom. The highest BCUT2D eigenvalue weighted by molar-refractivity contribution is 6.03. The third-order valence-electron chi connectivity index (χ3n) is 6.05. The molecular formula is C21H27N3O5. The maximum Gasteiger partial charge on any atom is 0.254 e. The van der Waals surface area contributed by atoms with E-state index in [0.29, 0.717) is 31.1 Å². The largest absolute Gasteiger partial charge is 0.372 e. The minimum absolute atomic E-state index is 0.0556. The number of benzene rings is 1. The number of rotatable bonds is 4. The van der Waals surface area contributed by atoms with Gasteiger partial charge in [-0.1, -0.05) is 0 Å². The van der Waals surface area contributed by atoms with Gasteiger partial charge in [-0.2, -0.15) is 0 Å². The molecule has 8 heteroatoms. The number of carbonyl (C=O) groups excluding carboxylic acids is 3. The van der Waals surface area contributed by atoms with E-state index in [1.54, 1.807) is 19.2 Å². The lowest BCUT2D eigenvalue weighted by molar-refractivity contribution is -0.136. The summed E-state index contributed by atoms with van der Waals surface area (Å²) < 4.78 is 11.3. The van der Waals surface area contributed by atoms with Crippen molar-refractivity contribution in [3.8, 4) is 0 Å². The Kier molecular flexibility index (Phi) is 5.82. The van der Waals surface area contributed by atoms with Crippen molar-refractivity contribution in [1.82, 2.24) is 10.2 Å². The lowest BCUT2D eigenvalue weighted by Crippen LogP contribution is -2.52. The number of hydrogen-bond acceptors (Lipinski definition) is 6. The molecule has 29 heavy (non-hydrogen) atoms. The first kappa shape index (κ1) is 19.8. The van der Waals surface area contributed by atoms with Gasteiger partial charge in [0.1, 0.15) is 6.04 Å². The van der Waals surface area contributed by atoms with E-state index in [0.717, 1.165) is 31.6 Å². The van der Waals surface area contributed by atoms with Gasteiger partial charge in [0.05, 0.1) is 13.2 Å². The molecule has 4 rings (SSSR count). The molecule has 8 nitrogen and oxygen atoms in total. The van der Waals surface area contributed by atoms with Gasteiger partial charge in [-0.15, -0.1) is 0 Å². The number of nitrogens with zero attached hydrogens (tertiary/aromatic N) is 2. The number of likely N-dealkylation sites (N-methyl/N-ethyl adjacent to an activating group) is 1. The zero-order valence-corrected chi connectivity index (χ0v) is 16.6. The maximum absolute atomic E-state index is 12.8. The summed E-state index contributed by atoms with van der Waals surface area (Å²) in [4.78, 5) is 39.8. The van der Waals surface area contributed by atoms with Crippen LogP contribution < -0.4 is 10.2 Å². The zero-order chi connectivity index (χ0) is 20.4. The second-order valence-corrected chi connectivity index (χ2v) is 7.86. The molecule has 3 fully saturated rings. The van der Waals surface area contributed by atoms with Crippen LogP contribution >= 0.6 is 0 Å². The molecule has 1 aromatic carbocycles. The highest BCUT2D eigenvalue weighted by atomic mass is 16.7. The molecule has 0 saturated carbocycles. The quantitative estimate of drug-likeness (QED) is 0.762. The van der Waals surface area contributed by atoms with Crippen LogP contribution in [0, 0.1) is 5.92 Å². The monoisotopic (exact) mass is 401 g/mol. The second kappa shape index (κ2) is 8.51. The summed E-state index contributed by atoms with van der Waals surface area (Å²) in [6.07, 6.45) is 2.58. The predicted octanol–water partition coefficient (Wildman–Crippen LogP) is 1.15. The summed E-state index contributed by atoms with van der Waals surface area (Å²) in [6, 6.07) is 6.90. The van der Waals surface area contributed by atoms with Crippen LogP contribution in [0.25, 0.3) is 0 Å². The lowest BCUT2D eigenvalue weighted by atomic mass is 9.95. The molecule has 3 heterocycles. The molecule has 3 amide bonds. The van der Waals surface area contributed by atoms with Crippen molar-refractivity contribution in [1.29, 1.82) is 0 Å². The Morgan fingerprint density at radius 3 is 2.34 bits per heavy atom. The first-order valence-electron chi connectivity index (χ1n) is 10.2. The molecule has 0 bridgehead atoms. The Balaban J connectivity index is 1.34. The van der Waals surface area contributed by atoms with Crippen molar-refractivity contribution in [2.24, 2.45) is 5.92 Å². The molecule has 3 aliphatic heterocycles. The average Bonchev–Trinajstić information content (AvgIpc) is 3.28. The van der Waals surface area contributed by atoms with Gasteiger partial charge in [-0.05, 0) is 43.5 Å². The number of carbonyl (C=O) groups is 3. The van der Waals surface area contributed by atoms with Crippen molar-refractivity contribution in [3.05, 3.63) is 29.8 Å². The fourth-order valence-corrected chi connectivity index (χ4v) is 4.29. The Hall–Kier alpha value is -2.45. The van der Waals surface area contributed by atoms with Crippen LogP contribution in [-0.2, 0) is 19.1 Å². The molecule has 156 valence electrons. The number of imide groups is 1. The maximum atomic E-state index is 12.8. The SMILES string of the molecule is CN(C(=O)c1ccc(N2CCC(C3OCCO3)CC2)cc1)C1CCC(=O)NC1=O. The average molecular weight is 401 g/mol. The van der Waals surface area contributed by atoms with E-state index in [-0.39, 0.29) is 24.5 Å². The van der Waals surface area contributed by atoms with E-state index in [1.165, 1.54) is 4.90 Å². The van der Waals surface area contributed by atoms with Crippen LogP contribution in [-0.4, -0.2) is 68.3 Å². The lowest BCUT2D eigenvalue weighted by Gasteiger charge is -2.35. The molecule has 0 spiro atoms. The molecule has 0 radical (unpaired) electrons. The smallest absolute Gasteiger partial charge is 0.254 e. The Labute approximate surface area is 170 Å². The number of amides is 3. The standard InChI is InChI=1S/C21H27N3O5/c1-23(17-6-7-18(25)22-19(17)26)20(27)14-2-4-16(5-3-14)24-10-8-15(9-11-24)21-28-12-13-29-21/h2-5,15,17,21H,6-13H2,1H3,(H,22,25,26). The summed E-state index contributed by atoms with van der Waals surface area (Å²) >= 11 is 0. The van der Waals surface area contributed by atoms with Gasteiger partial charge in [0.15, 0.2) is 6.29 Å². The van der Waals surface area contributed by atoms with E-state index >= 15 is 0 Å². The summed E-state index contributed by atoms with van der Waals surface area (Å²) in [5, 5.41) is 2.30. The fraction of sp³-hybridized carbons (Fsp3) is 0.571. The first-order valence-corrected chi connectivity index (χ1v) is 10.2. The molecule has 3 saturated heterocycles. The molecule has 1 aromatic rings. The first-order chi connectivity index (χ1) is 14.0. The van der Waals surface area contributed by atoms with Crippen molar-refractivity contribution >= 4 is 23.4 Å². The van der Waals surface area contributed by atoms with E-state index in [1.807, 2.05) is 12.1 Å². The number of nitrogens with one attached hydrogen (secondary N) is 1. The number of ether oxygens (including phenoxy) is 2. The fourth-order valence-electron chi connectivity index (χ4n) is 4.29. The van der Waals surface area contributed by atoms with E-state index in [2.05, 4.69) is 10.2 Å². The normalized spacial score (nSPS) is 23.9. The minimum atomic E-state index is -0.612. The van der Waals surface area contributed by atoms with Crippen LogP contribution in [0.2, 0.25) is 0 Å². The van der Waals surface area contributed by atoms with Gasteiger partial charge in [-0.25, -0.2) is 0 Å². The van der Waals surface area contributed by atoms with E-state index in [9.17, 15) is 14.4 Å². The van der Waals surface area contributed by atoms with Gasteiger partial charge in [0.25, 0.3) is 5.91 Å². The van der Waals surface area contributed by atoms with E-state index in [4.69, 9.17) is 9.47 Å². The third-order valence-corrected chi connectivity index (χ3v) is 6.05. The molecule has 0 aromatic heterocycles. The Morgan fingerprint density at radius 1 is 1.07 bits per heavy atom. The predicted molar refractivity (Wildman–Crippen MR) is 105 cm³/mol. The van der Waals surface area contributed by atoms with Gasteiger partial charge in [-0.3, -0.25) is 19.7 Å². The van der Waals surface area contributed by atoms with Gasteiger partial charge < -0.3 is 19.3 Å². The number of piperidine rings is 2. The van der Waals surface area contributed by atoms with Crippen molar-refractivity contribution in [3.63, 3.8) is 0 Å². The number of hydrogen-bond donors (Lipinski definition) is 1. The molecule has 1 atom stereocenters. The molecule has 1 N–H and O–H groups in total. The summed E-state index contributed by atoms with van der Waals surface area (Å²) in [5.41, 5.74) is 1.61. The van der Waals surface area contributed by atoms with Gasteiger partial charge in [0.2, 0.25) is 11.8 Å². The Bertz CT molecular complexity index is 767. The van der Waals surface area contributed by atoms with Crippen molar-refractivity contribution in [2.75, 3.05) is 38.3 Å². The zero-order valence-electron chi connectivity index (χ0n) is 16.6. The summed E-state index contributed by atoms with van der Waals surface area (Å²) in [5.74, 6) is -0.477. The van der Waals surface area contributed by atoms with Gasteiger partial charge >= 0.3 is 0 Å². The van der Waals surface area contributed by atoms with Crippen LogP contribution in [0.1, 0.15) is 36.0 Å². The topological polar surface area (TPSA) is 88.2 Å². The summed E-state index contributed by atoms with van der Waals surface area (Å²) in [6.45, 7) is 3.23. The van der Waals surface area contributed by atoms with Crippen molar-refractivity contribution < 1.29 is 23.9 Å². The second-order valence-electron chi connectivity index (χ2n) is 7.86. The minimum Gasteiger partial charge on any atom is -0.372 e. The van der Waals surface area contributed by atoms with Crippen LogP contribution in [0.15, 0.2) is 24.3 Å². The highest BCUT2D eigenvalue weighted by Gasteiger charge is 2.33. The van der Waals surface area contributed by atoms with Crippen LogP contribution in [0.4, 0.5) is 5.69 Å².